The Hall–Kier alpha value is -0.760. The summed E-state index contributed by atoms with van der Waals surface area (Å²) in [5, 5.41) is 1.20. The maximum atomic E-state index is 5.41. The SMILES string of the molecule is Cc1coc2c(C)cc(Br)cc12. The van der Waals surface area contributed by atoms with Gasteiger partial charge in [-0.05, 0) is 37.1 Å². The van der Waals surface area contributed by atoms with Crippen LogP contribution in [0.15, 0.2) is 27.3 Å². The number of hydrogen-bond donors (Lipinski definition) is 0. The van der Waals surface area contributed by atoms with Crippen molar-refractivity contribution in [2.45, 2.75) is 13.8 Å². The van der Waals surface area contributed by atoms with E-state index in [1.54, 1.807) is 6.26 Å². The Balaban J connectivity index is 2.92. The van der Waals surface area contributed by atoms with Crippen LogP contribution in [-0.2, 0) is 0 Å². The average molecular weight is 225 g/mol. The molecule has 0 atom stereocenters. The van der Waals surface area contributed by atoms with Gasteiger partial charge in [0.1, 0.15) is 5.58 Å². The van der Waals surface area contributed by atoms with Crippen molar-refractivity contribution in [3.63, 3.8) is 0 Å². The molecule has 0 fully saturated rings. The molecule has 1 nitrogen and oxygen atoms in total. The fourth-order valence-electron chi connectivity index (χ4n) is 1.39. The maximum absolute atomic E-state index is 5.41. The van der Waals surface area contributed by atoms with Crippen LogP contribution in [0.5, 0.6) is 0 Å². The molecule has 0 saturated heterocycles. The lowest BCUT2D eigenvalue weighted by molar-refractivity contribution is 0.610. The highest BCUT2D eigenvalue weighted by molar-refractivity contribution is 9.10. The van der Waals surface area contributed by atoms with Crippen LogP contribution < -0.4 is 0 Å². The van der Waals surface area contributed by atoms with E-state index in [9.17, 15) is 0 Å². The standard InChI is InChI=1S/C10H9BrO/c1-6-3-8(11)4-9-7(2)5-12-10(6)9/h3-5H,1-2H3. The molecule has 0 bridgehead atoms. The lowest BCUT2D eigenvalue weighted by Crippen LogP contribution is -1.75. The van der Waals surface area contributed by atoms with Gasteiger partial charge in [0.25, 0.3) is 0 Å². The smallest absolute Gasteiger partial charge is 0.137 e. The second-order valence-corrected chi connectivity index (χ2v) is 3.93. The van der Waals surface area contributed by atoms with Crippen molar-refractivity contribution in [2.75, 3.05) is 0 Å². The summed E-state index contributed by atoms with van der Waals surface area (Å²) in [5.74, 6) is 0. The molecule has 0 saturated carbocycles. The van der Waals surface area contributed by atoms with Gasteiger partial charge in [-0.15, -0.1) is 0 Å². The van der Waals surface area contributed by atoms with Crippen LogP contribution in [0.1, 0.15) is 11.1 Å². The van der Waals surface area contributed by atoms with Gasteiger partial charge in [0.05, 0.1) is 6.26 Å². The third-order valence-electron chi connectivity index (χ3n) is 2.02. The summed E-state index contributed by atoms with van der Waals surface area (Å²) in [6.45, 7) is 4.10. The van der Waals surface area contributed by atoms with Gasteiger partial charge in [-0.1, -0.05) is 15.9 Å². The number of fused-ring (bicyclic) bond motifs is 1. The predicted octanol–water partition coefficient (Wildman–Crippen LogP) is 3.81. The second kappa shape index (κ2) is 2.63. The number of benzene rings is 1. The fourth-order valence-corrected chi connectivity index (χ4v) is 1.96. The van der Waals surface area contributed by atoms with Crippen molar-refractivity contribution in [2.24, 2.45) is 0 Å². The minimum Gasteiger partial charge on any atom is -0.464 e. The summed E-state index contributed by atoms with van der Waals surface area (Å²) >= 11 is 3.46. The molecule has 2 rings (SSSR count). The largest absolute Gasteiger partial charge is 0.464 e. The van der Waals surface area contributed by atoms with E-state index in [4.69, 9.17) is 4.42 Å². The van der Waals surface area contributed by atoms with Gasteiger partial charge < -0.3 is 4.42 Å². The molecule has 1 aromatic heterocycles. The van der Waals surface area contributed by atoms with E-state index in [1.165, 1.54) is 16.5 Å². The molecule has 1 aromatic carbocycles. The van der Waals surface area contributed by atoms with Gasteiger partial charge in [0.15, 0.2) is 0 Å². The summed E-state index contributed by atoms with van der Waals surface area (Å²) in [5.41, 5.74) is 3.36. The first kappa shape index (κ1) is 7.87. The molecule has 62 valence electrons. The summed E-state index contributed by atoms with van der Waals surface area (Å²) in [4.78, 5) is 0. The van der Waals surface area contributed by atoms with Crippen LogP contribution in [0.25, 0.3) is 11.0 Å². The highest BCUT2D eigenvalue weighted by atomic mass is 79.9. The minimum atomic E-state index is 0.996. The number of halogens is 1. The van der Waals surface area contributed by atoms with Gasteiger partial charge in [-0.2, -0.15) is 0 Å². The molecule has 0 N–H and O–H groups in total. The van der Waals surface area contributed by atoms with E-state index >= 15 is 0 Å². The number of rotatable bonds is 0. The van der Waals surface area contributed by atoms with E-state index in [0.29, 0.717) is 0 Å². The molecule has 12 heavy (non-hydrogen) atoms. The third kappa shape index (κ3) is 1.07. The predicted molar refractivity (Wildman–Crippen MR) is 53.4 cm³/mol. The van der Waals surface area contributed by atoms with Crippen molar-refractivity contribution in [1.82, 2.24) is 0 Å². The van der Waals surface area contributed by atoms with Crippen molar-refractivity contribution >= 4 is 26.9 Å². The monoisotopic (exact) mass is 224 g/mol. The van der Waals surface area contributed by atoms with Crippen molar-refractivity contribution in [3.05, 3.63) is 34.0 Å². The Labute approximate surface area is 79.5 Å². The average Bonchev–Trinajstić information content (AvgIpc) is 2.33. The fraction of sp³-hybridized carbons (Fsp3) is 0.200. The van der Waals surface area contributed by atoms with E-state index in [0.717, 1.165) is 10.1 Å². The lowest BCUT2D eigenvalue weighted by atomic mass is 10.1. The maximum Gasteiger partial charge on any atom is 0.137 e. The van der Waals surface area contributed by atoms with Crippen molar-refractivity contribution in [1.29, 1.82) is 0 Å². The second-order valence-electron chi connectivity index (χ2n) is 3.02. The van der Waals surface area contributed by atoms with E-state index in [2.05, 4.69) is 41.9 Å². The molecule has 1 heterocycles. The summed E-state index contributed by atoms with van der Waals surface area (Å²) in [6.07, 6.45) is 1.80. The molecule has 0 aliphatic rings. The first-order valence-corrected chi connectivity index (χ1v) is 4.62. The van der Waals surface area contributed by atoms with Gasteiger partial charge in [-0.25, -0.2) is 0 Å². The highest BCUT2D eigenvalue weighted by Crippen LogP contribution is 2.27. The summed E-state index contributed by atoms with van der Waals surface area (Å²) < 4.78 is 6.52. The van der Waals surface area contributed by atoms with Gasteiger partial charge in [0, 0.05) is 9.86 Å². The Bertz CT molecular complexity index is 429. The molecular weight excluding hydrogens is 216 g/mol. The summed E-state index contributed by atoms with van der Waals surface area (Å²) in [7, 11) is 0. The summed E-state index contributed by atoms with van der Waals surface area (Å²) in [6, 6.07) is 4.15. The lowest BCUT2D eigenvalue weighted by Gasteiger charge is -1.96. The highest BCUT2D eigenvalue weighted by Gasteiger charge is 2.05. The topological polar surface area (TPSA) is 13.1 Å². The van der Waals surface area contributed by atoms with Gasteiger partial charge >= 0.3 is 0 Å². The minimum absolute atomic E-state index is 0.996. The quantitative estimate of drug-likeness (QED) is 0.664. The van der Waals surface area contributed by atoms with Crippen LogP contribution in [-0.4, -0.2) is 0 Å². The molecule has 0 radical (unpaired) electrons. The molecule has 2 aromatic rings. The van der Waals surface area contributed by atoms with E-state index < -0.39 is 0 Å². The van der Waals surface area contributed by atoms with Crippen molar-refractivity contribution < 1.29 is 4.42 Å². The number of aryl methyl sites for hydroxylation is 2. The molecule has 0 aliphatic carbocycles. The van der Waals surface area contributed by atoms with Crippen LogP contribution in [0.3, 0.4) is 0 Å². The van der Waals surface area contributed by atoms with Gasteiger partial charge in [0.2, 0.25) is 0 Å². The first-order valence-electron chi connectivity index (χ1n) is 3.82. The van der Waals surface area contributed by atoms with E-state index in [1.807, 2.05) is 0 Å². The molecular formula is C10H9BrO. The van der Waals surface area contributed by atoms with Crippen molar-refractivity contribution in [3.8, 4) is 0 Å². The molecule has 0 amide bonds. The van der Waals surface area contributed by atoms with Gasteiger partial charge in [-0.3, -0.25) is 0 Å². The first-order chi connectivity index (χ1) is 5.68. The van der Waals surface area contributed by atoms with Crippen LogP contribution in [0, 0.1) is 13.8 Å². The third-order valence-corrected chi connectivity index (χ3v) is 2.48. The zero-order valence-corrected chi connectivity index (χ0v) is 8.60. The Morgan fingerprint density at radius 2 is 1.92 bits per heavy atom. The Morgan fingerprint density at radius 3 is 2.67 bits per heavy atom. The molecule has 2 heteroatoms. The normalized spacial score (nSPS) is 10.9. The zero-order chi connectivity index (χ0) is 8.72. The molecule has 0 aliphatic heterocycles. The number of furan rings is 1. The molecule has 0 spiro atoms. The van der Waals surface area contributed by atoms with Crippen LogP contribution >= 0.6 is 15.9 Å². The Morgan fingerprint density at radius 1 is 1.17 bits per heavy atom. The number of hydrogen-bond acceptors (Lipinski definition) is 1. The molecule has 0 unspecified atom stereocenters. The zero-order valence-electron chi connectivity index (χ0n) is 7.02. The van der Waals surface area contributed by atoms with Crippen LogP contribution in [0.4, 0.5) is 0 Å². The van der Waals surface area contributed by atoms with Crippen LogP contribution in [0.2, 0.25) is 0 Å². The Kier molecular flexibility index (Phi) is 1.72. The van der Waals surface area contributed by atoms with E-state index in [-0.39, 0.29) is 0 Å².